The molecule has 20 heavy (non-hydrogen) atoms. The van der Waals surface area contributed by atoms with Crippen LogP contribution < -0.4 is 10.6 Å². The second-order valence-corrected chi connectivity index (χ2v) is 5.97. The maximum atomic E-state index is 8.99. The number of nitrogens with zero attached hydrogens (tertiary/aromatic N) is 4. The first-order chi connectivity index (χ1) is 9.36. The number of hydrogen-bond acceptors (Lipinski definition) is 5. The van der Waals surface area contributed by atoms with E-state index >= 15 is 0 Å². The SMILES string of the molecule is Cc1ccnc(N2CCN(C)C(C)(C)C2)c1/C(N)=N/O. The Morgan fingerprint density at radius 3 is 2.75 bits per heavy atom. The van der Waals surface area contributed by atoms with Gasteiger partial charge in [-0.1, -0.05) is 5.16 Å². The molecule has 0 saturated carbocycles. The van der Waals surface area contributed by atoms with Gasteiger partial charge in [0.15, 0.2) is 5.84 Å². The summed E-state index contributed by atoms with van der Waals surface area (Å²) in [6, 6.07) is 1.87. The summed E-state index contributed by atoms with van der Waals surface area (Å²) in [5.74, 6) is 0.906. The van der Waals surface area contributed by atoms with Gasteiger partial charge in [0, 0.05) is 31.4 Å². The van der Waals surface area contributed by atoms with Crippen molar-refractivity contribution in [2.75, 3.05) is 31.6 Å². The first-order valence-electron chi connectivity index (χ1n) is 6.76. The lowest BCUT2D eigenvalue weighted by atomic mass is 9.99. The molecule has 1 aromatic heterocycles. The highest BCUT2D eigenvalue weighted by Crippen LogP contribution is 2.27. The Morgan fingerprint density at radius 1 is 1.45 bits per heavy atom. The lowest BCUT2D eigenvalue weighted by Crippen LogP contribution is -2.58. The van der Waals surface area contributed by atoms with Crippen LogP contribution in [0.25, 0.3) is 0 Å². The Hall–Kier alpha value is -1.82. The van der Waals surface area contributed by atoms with E-state index in [-0.39, 0.29) is 11.4 Å². The molecule has 0 bridgehead atoms. The van der Waals surface area contributed by atoms with Crippen molar-refractivity contribution in [3.05, 3.63) is 23.4 Å². The van der Waals surface area contributed by atoms with E-state index in [4.69, 9.17) is 10.9 Å². The van der Waals surface area contributed by atoms with Crippen LogP contribution in [0, 0.1) is 6.92 Å². The van der Waals surface area contributed by atoms with E-state index in [1.54, 1.807) is 6.20 Å². The van der Waals surface area contributed by atoms with Gasteiger partial charge in [-0.25, -0.2) is 4.98 Å². The zero-order chi connectivity index (χ0) is 14.9. The average Bonchev–Trinajstić information content (AvgIpc) is 2.40. The summed E-state index contributed by atoms with van der Waals surface area (Å²) in [6.45, 7) is 9.04. The smallest absolute Gasteiger partial charge is 0.174 e. The number of aryl methyl sites for hydroxylation is 1. The van der Waals surface area contributed by atoms with Crippen molar-refractivity contribution in [2.24, 2.45) is 10.9 Å². The number of aromatic nitrogens is 1. The zero-order valence-corrected chi connectivity index (χ0v) is 12.6. The van der Waals surface area contributed by atoms with Gasteiger partial charge in [-0.05, 0) is 39.4 Å². The minimum atomic E-state index is 0.0616. The fourth-order valence-electron chi connectivity index (χ4n) is 2.57. The second-order valence-electron chi connectivity index (χ2n) is 5.97. The third-order valence-corrected chi connectivity index (χ3v) is 4.12. The van der Waals surface area contributed by atoms with Crippen molar-refractivity contribution in [3.63, 3.8) is 0 Å². The van der Waals surface area contributed by atoms with Gasteiger partial charge in [0.25, 0.3) is 0 Å². The summed E-state index contributed by atoms with van der Waals surface area (Å²) in [5, 5.41) is 12.1. The summed E-state index contributed by atoms with van der Waals surface area (Å²) in [6.07, 6.45) is 1.77. The molecule has 0 atom stereocenters. The van der Waals surface area contributed by atoms with Crippen molar-refractivity contribution in [2.45, 2.75) is 26.3 Å². The molecular formula is C14H23N5O. The van der Waals surface area contributed by atoms with Crippen LogP contribution in [0.15, 0.2) is 17.4 Å². The molecule has 0 spiro atoms. The van der Waals surface area contributed by atoms with Gasteiger partial charge in [-0.15, -0.1) is 0 Å². The number of nitrogens with two attached hydrogens (primary N) is 1. The van der Waals surface area contributed by atoms with Crippen molar-refractivity contribution in [1.29, 1.82) is 0 Å². The molecule has 2 rings (SSSR count). The summed E-state index contributed by atoms with van der Waals surface area (Å²) in [5.41, 5.74) is 7.56. The maximum Gasteiger partial charge on any atom is 0.174 e. The zero-order valence-electron chi connectivity index (χ0n) is 12.6. The fourth-order valence-corrected chi connectivity index (χ4v) is 2.57. The quantitative estimate of drug-likeness (QED) is 0.365. The van der Waals surface area contributed by atoms with E-state index < -0.39 is 0 Å². The Bertz CT molecular complexity index is 526. The molecule has 3 N–H and O–H groups in total. The molecule has 6 nitrogen and oxygen atoms in total. The highest BCUT2D eigenvalue weighted by Gasteiger charge is 2.33. The average molecular weight is 277 g/mol. The number of likely N-dealkylation sites (N-methyl/N-ethyl adjacent to an activating group) is 1. The van der Waals surface area contributed by atoms with Gasteiger partial charge in [0.2, 0.25) is 0 Å². The van der Waals surface area contributed by atoms with Crippen LogP contribution in [0.1, 0.15) is 25.0 Å². The number of anilines is 1. The van der Waals surface area contributed by atoms with Gasteiger partial charge >= 0.3 is 0 Å². The molecule has 2 heterocycles. The van der Waals surface area contributed by atoms with Gasteiger partial charge in [0.05, 0.1) is 5.56 Å². The summed E-state index contributed by atoms with van der Waals surface area (Å²) in [7, 11) is 2.13. The molecule has 1 saturated heterocycles. The fraction of sp³-hybridized carbons (Fsp3) is 0.571. The Kier molecular flexibility index (Phi) is 3.85. The van der Waals surface area contributed by atoms with E-state index in [2.05, 4.69) is 40.8 Å². The van der Waals surface area contributed by atoms with Crippen molar-refractivity contribution < 1.29 is 5.21 Å². The standard InChI is InChI=1S/C14H23N5O/c1-10-5-6-16-13(11(10)12(15)17-20)19-8-7-18(4)14(2,3)9-19/h5-6,20H,7-9H2,1-4H3,(H2,15,17). The van der Waals surface area contributed by atoms with Gasteiger partial charge < -0.3 is 15.8 Å². The molecule has 0 aromatic carbocycles. The van der Waals surface area contributed by atoms with Crippen LogP contribution in [0.5, 0.6) is 0 Å². The van der Waals surface area contributed by atoms with E-state index in [0.717, 1.165) is 36.6 Å². The Labute approximate surface area is 119 Å². The predicted molar refractivity (Wildman–Crippen MR) is 80.4 cm³/mol. The number of pyridine rings is 1. The number of rotatable bonds is 2. The molecule has 1 aliphatic rings. The van der Waals surface area contributed by atoms with Gasteiger partial charge in [-0.2, -0.15) is 0 Å². The molecule has 6 heteroatoms. The predicted octanol–water partition coefficient (Wildman–Crippen LogP) is 1.01. The molecule has 0 amide bonds. The third kappa shape index (κ3) is 2.56. The van der Waals surface area contributed by atoms with Crippen LogP contribution >= 0.6 is 0 Å². The molecule has 0 aliphatic carbocycles. The summed E-state index contributed by atoms with van der Waals surface area (Å²) >= 11 is 0. The minimum absolute atomic E-state index is 0.0616. The molecule has 1 aromatic rings. The summed E-state index contributed by atoms with van der Waals surface area (Å²) < 4.78 is 0. The molecule has 0 unspecified atom stereocenters. The third-order valence-electron chi connectivity index (χ3n) is 4.12. The first kappa shape index (κ1) is 14.6. The number of hydrogen-bond donors (Lipinski definition) is 2. The van der Waals surface area contributed by atoms with Crippen LogP contribution in [-0.4, -0.2) is 53.1 Å². The van der Waals surface area contributed by atoms with Crippen molar-refractivity contribution in [3.8, 4) is 0 Å². The van der Waals surface area contributed by atoms with E-state index in [1.165, 1.54) is 0 Å². The molecule has 1 fully saturated rings. The molecule has 110 valence electrons. The van der Waals surface area contributed by atoms with Gasteiger partial charge in [0.1, 0.15) is 5.82 Å². The van der Waals surface area contributed by atoms with E-state index in [1.807, 2.05) is 13.0 Å². The normalized spacial score (nSPS) is 20.2. The van der Waals surface area contributed by atoms with Crippen molar-refractivity contribution >= 4 is 11.7 Å². The lowest BCUT2D eigenvalue weighted by molar-refractivity contribution is 0.138. The number of amidine groups is 1. The van der Waals surface area contributed by atoms with Crippen molar-refractivity contribution in [1.82, 2.24) is 9.88 Å². The van der Waals surface area contributed by atoms with Gasteiger partial charge in [-0.3, -0.25) is 4.90 Å². The first-order valence-corrected chi connectivity index (χ1v) is 6.76. The maximum absolute atomic E-state index is 8.99. The largest absolute Gasteiger partial charge is 0.409 e. The van der Waals surface area contributed by atoms with Crippen LogP contribution in [-0.2, 0) is 0 Å². The molecule has 0 radical (unpaired) electrons. The topological polar surface area (TPSA) is 78.0 Å². The minimum Gasteiger partial charge on any atom is -0.409 e. The van der Waals surface area contributed by atoms with Crippen LogP contribution in [0.2, 0.25) is 0 Å². The Balaban J connectivity index is 2.41. The van der Waals surface area contributed by atoms with E-state index in [0.29, 0.717) is 0 Å². The van der Waals surface area contributed by atoms with Crippen LogP contribution in [0.3, 0.4) is 0 Å². The van der Waals surface area contributed by atoms with Crippen LogP contribution in [0.4, 0.5) is 5.82 Å². The molecule has 1 aliphatic heterocycles. The monoisotopic (exact) mass is 277 g/mol. The second kappa shape index (κ2) is 5.28. The Morgan fingerprint density at radius 2 is 2.15 bits per heavy atom. The number of piperazine rings is 1. The molecular weight excluding hydrogens is 254 g/mol. The highest BCUT2D eigenvalue weighted by atomic mass is 16.4. The highest BCUT2D eigenvalue weighted by molar-refractivity contribution is 6.02. The number of oxime groups is 1. The lowest BCUT2D eigenvalue weighted by Gasteiger charge is -2.46. The van der Waals surface area contributed by atoms with E-state index in [9.17, 15) is 0 Å². The summed E-state index contributed by atoms with van der Waals surface area (Å²) in [4.78, 5) is 9.00.